The molecule has 1 spiro atoms. The first kappa shape index (κ1) is 14.3. The summed E-state index contributed by atoms with van der Waals surface area (Å²) in [7, 11) is 0. The summed E-state index contributed by atoms with van der Waals surface area (Å²) in [5.74, 6) is 0.936. The van der Waals surface area contributed by atoms with Crippen LogP contribution in [0.2, 0.25) is 0 Å². The third-order valence-corrected chi connectivity index (χ3v) is 5.21. The molecule has 0 saturated carbocycles. The summed E-state index contributed by atoms with van der Waals surface area (Å²) in [6.45, 7) is 7.15. The lowest BCUT2D eigenvalue weighted by Gasteiger charge is -2.53. The lowest BCUT2D eigenvalue weighted by molar-refractivity contribution is -0.216. The minimum atomic E-state index is -0.412. The molecule has 22 heavy (non-hydrogen) atoms. The zero-order valence-corrected chi connectivity index (χ0v) is 13.1. The minimum absolute atomic E-state index is 0.0537. The maximum atomic E-state index is 10.1. The quantitative estimate of drug-likeness (QED) is 0.768. The van der Waals surface area contributed by atoms with Gasteiger partial charge in [-0.2, -0.15) is 0 Å². The van der Waals surface area contributed by atoms with E-state index in [2.05, 4.69) is 19.2 Å². The van der Waals surface area contributed by atoms with E-state index in [4.69, 9.17) is 14.2 Å². The summed E-state index contributed by atoms with van der Waals surface area (Å²) in [6, 6.07) is 5.49. The second-order valence-corrected chi connectivity index (χ2v) is 7.15. The van der Waals surface area contributed by atoms with Gasteiger partial charge in [-0.3, -0.25) is 0 Å². The maximum Gasteiger partial charge on any atom is 0.167 e. The predicted molar refractivity (Wildman–Crippen MR) is 81.2 cm³/mol. The Morgan fingerprint density at radius 2 is 2.18 bits per heavy atom. The number of rotatable bonds is 0. The Morgan fingerprint density at radius 3 is 2.95 bits per heavy atom. The van der Waals surface area contributed by atoms with Crippen LogP contribution in [0.15, 0.2) is 18.2 Å². The van der Waals surface area contributed by atoms with Gasteiger partial charge in [0.2, 0.25) is 0 Å². The summed E-state index contributed by atoms with van der Waals surface area (Å²) >= 11 is 0. The van der Waals surface area contributed by atoms with Crippen LogP contribution in [0.4, 0.5) is 0 Å². The predicted octanol–water partition coefficient (Wildman–Crippen LogP) is 2.00. The highest BCUT2D eigenvalue weighted by Gasteiger charge is 2.53. The first-order valence-electron chi connectivity index (χ1n) is 7.98. The van der Waals surface area contributed by atoms with E-state index in [1.807, 2.05) is 12.1 Å². The largest absolute Gasteiger partial charge is 0.504 e. The lowest BCUT2D eigenvalue weighted by Crippen LogP contribution is -2.60. The van der Waals surface area contributed by atoms with Crippen molar-refractivity contribution in [3.05, 3.63) is 23.8 Å². The maximum absolute atomic E-state index is 10.1. The van der Waals surface area contributed by atoms with Gasteiger partial charge in [0.15, 0.2) is 11.5 Å². The lowest BCUT2D eigenvalue weighted by atomic mass is 9.72. The average molecular weight is 305 g/mol. The van der Waals surface area contributed by atoms with E-state index in [-0.39, 0.29) is 23.4 Å². The monoisotopic (exact) mass is 305 g/mol. The Kier molecular flexibility index (Phi) is 3.15. The molecule has 120 valence electrons. The van der Waals surface area contributed by atoms with Gasteiger partial charge >= 0.3 is 0 Å². The fourth-order valence-corrected chi connectivity index (χ4v) is 3.99. The van der Waals surface area contributed by atoms with Crippen molar-refractivity contribution in [3.63, 3.8) is 0 Å². The van der Waals surface area contributed by atoms with Crippen LogP contribution >= 0.6 is 0 Å². The molecule has 3 atom stereocenters. The van der Waals surface area contributed by atoms with Crippen molar-refractivity contribution in [3.8, 4) is 11.5 Å². The Hall–Kier alpha value is -1.30. The van der Waals surface area contributed by atoms with Gasteiger partial charge in [0, 0.05) is 24.6 Å². The Morgan fingerprint density at radius 1 is 1.32 bits per heavy atom. The molecule has 0 radical (unpaired) electrons. The minimum Gasteiger partial charge on any atom is -0.504 e. The van der Waals surface area contributed by atoms with Crippen molar-refractivity contribution >= 4 is 0 Å². The van der Waals surface area contributed by atoms with Crippen molar-refractivity contribution in [2.24, 2.45) is 5.92 Å². The third-order valence-electron chi connectivity index (χ3n) is 5.21. The molecule has 0 aromatic heterocycles. The fraction of sp³-hybridized carbons (Fsp3) is 0.647. The molecular formula is C17H23NO4. The van der Waals surface area contributed by atoms with Gasteiger partial charge in [0.05, 0.1) is 19.3 Å². The highest BCUT2D eigenvalue weighted by Crippen LogP contribution is 2.53. The molecule has 0 amide bonds. The molecule has 4 rings (SSSR count). The highest BCUT2D eigenvalue weighted by molar-refractivity contribution is 5.49. The van der Waals surface area contributed by atoms with Crippen LogP contribution in [-0.4, -0.2) is 42.6 Å². The van der Waals surface area contributed by atoms with Crippen LogP contribution in [0.3, 0.4) is 0 Å². The molecule has 0 unspecified atom stereocenters. The van der Waals surface area contributed by atoms with Crippen LogP contribution in [0.1, 0.15) is 31.9 Å². The Bertz CT molecular complexity index is 580. The summed E-state index contributed by atoms with van der Waals surface area (Å²) in [5.41, 5.74) is 0.280. The number of morpholine rings is 1. The molecule has 1 aromatic rings. The van der Waals surface area contributed by atoms with Gasteiger partial charge in [-0.25, -0.2) is 0 Å². The van der Waals surface area contributed by atoms with Gasteiger partial charge in [-0.1, -0.05) is 12.1 Å². The highest BCUT2D eigenvalue weighted by atomic mass is 16.6. The summed E-state index contributed by atoms with van der Waals surface area (Å²) in [6.07, 6.45) is 0.842. The van der Waals surface area contributed by atoms with Crippen molar-refractivity contribution in [2.45, 2.75) is 37.6 Å². The normalized spacial score (nSPS) is 36.3. The molecule has 3 aliphatic rings. The van der Waals surface area contributed by atoms with Crippen molar-refractivity contribution < 1.29 is 19.3 Å². The van der Waals surface area contributed by atoms with E-state index < -0.39 is 5.60 Å². The molecule has 3 heterocycles. The Labute approximate surface area is 130 Å². The number of phenols is 1. The molecule has 3 aliphatic heterocycles. The zero-order valence-electron chi connectivity index (χ0n) is 13.1. The van der Waals surface area contributed by atoms with E-state index in [0.29, 0.717) is 12.4 Å². The first-order chi connectivity index (χ1) is 10.5. The third kappa shape index (κ3) is 2.11. The van der Waals surface area contributed by atoms with Crippen LogP contribution in [0.5, 0.6) is 11.5 Å². The van der Waals surface area contributed by atoms with Gasteiger partial charge < -0.3 is 24.6 Å². The number of nitrogens with one attached hydrogen (secondary N) is 1. The molecule has 2 N–H and O–H groups in total. The van der Waals surface area contributed by atoms with Crippen molar-refractivity contribution in [1.82, 2.24) is 5.32 Å². The zero-order chi connectivity index (χ0) is 15.4. The number of hydrogen-bond donors (Lipinski definition) is 2. The smallest absolute Gasteiger partial charge is 0.167 e. The van der Waals surface area contributed by atoms with E-state index in [0.717, 1.165) is 31.7 Å². The van der Waals surface area contributed by atoms with Gasteiger partial charge in [0.1, 0.15) is 11.2 Å². The molecule has 5 heteroatoms. The number of fused-ring (bicyclic) bond motifs is 3. The molecule has 2 saturated heterocycles. The second kappa shape index (κ2) is 4.85. The number of phenolic OH excluding ortho intramolecular Hbond substituents is 1. The van der Waals surface area contributed by atoms with Crippen molar-refractivity contribution in [2.75, 3.05) is 26.3 Å². The van der Waals surface area contributed by atoms with E-state index in [1.54, 1.807) is 6.07 Å². The average Bonchev–Trinajstić information content (AvgIpc) is 2.50. The van der Waals surface area contributed by atoms with Crippen LogP contribution in [-0.2, 0) is 9.47 Å². The number of benzene rings is 1. The summed E-state index contributed by atoms with van der Waals surface area (Å²) < 4.78 is 18.5. The number of aromatic hydroxyl groups is 1. The number of ether oxygens (including phenoxy) is 3. The number of para-hydroxylation sites is 1. The van der Waals surface area contributed by atoms with E-state index in [9.17, 15) is 5.11 Å². The fourth-order valence-electron chi connectivity index (χ4n) is 3.99. The van der Waals surface area contributed by atoms with Gasteiger partial charge in [0.25, 0.3) is 0 Å². The SMILES string of the molecule is CC1(C)Oc2c(O)cccc2[C@H]2OC[C@]3(CNCCO3)C[C@@H]21. The number of hydrogen-bond acceptors (Lipinski definition) is 5. The topological polar surface area (TPSA) is 60.0 Å². The first-order valence-corrected chi connectivity index (χ1v) is 7.98. The van der Waals surface area contributed by atoms with Crippen molar-refractivity contribution in [1.29, 1.82) is 0 Å². The van der Waals surface area contributed by atoms with E-state index >= 15 is 0 Å². The van der Waals surface area contributed by atoms with Gasteiger partial charge in [-0.15, -0.1) is 0 Å². The van der Waals surface area contributed by atoms with E-state index in [1.165, 1.54) is 0 Å². The summed E-state index contributed by atoms with van der Waals surface area (Å²) in [4.78, 5) is 0. The van der Waals surface area contributed by atoms with Gasteiger partial charge in [-0.05, 0) is 26.3 Å². The molecule has 5 nitrogen and oxygen atoms in total. The molecular weight excluding hydrogens is 282 g/mol. The molecule has 1 aromatic carbocycles. The van der Waals surface area contributed by atoms with Crippen LogP contribution in [0, 0.1) is 5.92 Å². The molecule has 0 bridgehead atoms. The van der Waals surface area contributed by atoms with Crippen LogP contribution in [0.25, 0.3) is 0 Å². The standard InChI is InChI=1S/C17H23NO4/c1-16(2)12-8-17(9-18-6-7-21-17)10-20-14(12)11-4-3-5-13(19)15(11)22-16/h3-5,12,14,18-19H,6-10H2,1-2H3/t12-,14+,17+/m0/s1. The summed E-state index contributed by atoms with van der Waals surface area (Å²) in [5, 5.41) is 13.5. The Balaban J connectivity index is 1.71. The molecule has 2 fully saturated rings. The van der Waals surface area contributed by atoms with Crippen LogP contribution < -0.4 is 10.1 Å². The molecule has 0 aliphatic carbocycles. The second-order valence-electron chi connectivity index (χ2n) is 7.15.